The summed E-state index contributed by atoms with van der Waals surface area (Å²) in [6, 6.07) is 1.69. The van der Waals surface area contributed by atoms with E-state index in [9.17, 15) is 4.79 Å². The number of carbonyl (C=O) groups is 1. The van der Waals surface area contributed by atoms with Crippen LogP contribution in [0.3, 0.4) is 0 Å². The van der Waals surface area contributed by atoms with E-state index in [1.807, 2.05) is 0 Å². The van der Waals surface area contributed by atoms with Crippen LogP contribution in [0.2, 0.25) is 0 Å². The van der Waals surface area contributed by atoms with Crippen LogP contribution >= 0.6 is 0 Å². The molecule has 0 spiro atoms. The topological polar surface area (TPSA) is 85.6 Å². The molecule has 2 heterocycles. The number of hydrogen-bond acceptors (Lipinski definition) is 5. The quantitative estimate of drug-likeness (QED) is 0.916. The maximum Gasteiger partial charge on any atom is 0.225 e. The Kier molecular flexibility index (Phi) is 4.72. The lowest BCUT2D eigenvalue weighted by molar-refractivity contribution is -0.116. The van der Waals surface area contributed by atoms with Crippen LogP contribution in [-0.4, -0.2) is 30.6 Å². The zero-order valence-electron chi connectivity index (χ0n) is 12.5. The van der Waals surface area contributed by atoms with E-state index in [4.69, 9.17) is 0 Å². The van der Waals surface area contributed by atoms with Gasteiger partial charge in [0.15, 0.2) is 5.82 Å². The molecule has 2 aromatic rings. The van der Waals surface area contributed by atoms with Crippen molar-refractivity contribution in [3.63, 3.8) is 0 Å². The number of nitrogens with one attached hydrogen (secondary N) is 1. The Morgan fingerprint density at radius 2 is 2.09 bits per heavy atom. The average Bonchev–Trinajstić information content (AvgIpc) is 3.09. The van der Waals surface area contributed by atoms with Gasteiger partial charge in [-0.1, -0.05) is 32.1 Å². The third kappa shape index (κ3) is 3.87. The maximum atomic E-state index is 12.0. The monoisotopic (exact) mass is 300 g/mol. The molecule has 2 aromatic heterocycles. The van der Waals surface area contributed by atoms with Crippen LogP contribution in [0.1, 0.15) is 44.9 Å². The van der Waals surface area contributed by atoms with Crippen molar-refractivity contribution in [3.8, 4) is 5.82 Å². The first-order valence-corrected chi connectivity index (χ1v) is 7.78. The number of anilines is 1. The molecular formula is C15H20N6O. The van der Waals surface area contributed by atoms with Gasteiger partial charge in [-0.05, 0) is 12.3 Å². The van der Waals surface area contributed by atoms with Gasteiger partial charge in [-0.25, -0.2) is 19.6 Å². The molecule has 0 radical (unpaired) electrons. The van der Waals surface area contributed by atoms with Crippen LogP contribution in [0.15, 0.2) is 25.0 Å². The molecular weight excluding hydrogens is 280 g/mol. The molecule has 0 unspecified atom stereocenters. The normalized spacial score (nSPS) is 15.6. The number of amides is 1. The summed E-state index contributed by atoms with van der Waals surface area (Å²) in [4.78, 5) is 24.1. The number of hydrogen-bond donors (Lipinski definition) is 1. The molecule has 1 fully saturated rings. The van der Waals surface area contributed by atoms with Gasteiger partial charge in [0.1, 0.15) is 24.8 Å². The summed E-state index contributed by atoms with van der Waals surface area (Å²) in [6.07, 6.45) is 12.4. The second-order valence-electron chi connectivity index (χ2n) is 5.69. The highest BCUT2D eigenvalue weighted by Crippen LogP contribution is 2.27. The minimum atomic E-state index is 0.00816. The zero-order chi connectivity index (χ0) is 15.2. The Morgan fingerprint density at radius 3 is 2.86 bits per heavy atom. The smallest absolute Gasteiger partial charge is 0.225 e. The summed E-state index contributed by atoms with van der Waals surface area (Å²) < 4.78 is 1.53. The van der Waals surface area contributed by atoms with Crippen molar-refractivity contribution in [2.75, 3.05) is 5.32 Å². The SMILES string of the molecule is O=C(CCC1CCCCC1)Nc1cc(-n2cncn2)ncn1. The van der Waals surface area contributed by atoms with E-state index in [0.717, 1.165) is 6.42 Å². The lowest BCUT2D eigenvalue weighted by atomic mass is 9.86. The Balaban J connectivity index is 1.54. The van der Waals surface area contributed by atoms with Crippen LogP contribution in [0.25, 0.3) is 5.82 Å². The predicted octanol–water partition coefficient (Wildman–Crippen LogP) is 2.36. The van der Waals surface area contributed by atoms with Crippen LogP contribution in [0.5, 0.6) is 0 Å². The van der Waals surface area contributed by atoms with E-state index in [2.05, 4.69) is 25.4 Å². The molecule has 0 bridgehead atoms. The zero-order valence-corrected chi connectivity index (χ0v) is 12.5. The number of carbonyl (C=O) groups excluding carboxylic acids is 1. The predicted molar refractivity (Wildman–Crippen MR) is 81.4 cm³/mol. The Hall–Kier alpha value is -2.31. The second kappa shape index (κ2) is 7.11. The van der Waals surface area contributed by atoms with E-state index in [1.54, 1.807) is 12.4 Å². The molecule has 3 rings (SSSR count). The van der Waals surface area contributed by atoms with Crippen LogP contribution < -0.4 is 5.32 Å². The molecule has 22 heavy (non-hydrogen) atoms. The van der Waals surface area contributed by atoms with Gasteiger partial charge in [0.2, 0.25) is 5.91 Å². The highest BCUT2D eigenvalue weighted by Gasteiger charge is 2.15. The second-order valence-corrected chi connectivity index (χ2v) is 5.69. The van der Waals surface area contributed by atoms with Gasteiger partial charge in [-0.3, -0.25) is 4.79 Å². The first kappa shape index (κ1) is 14.6. The average molecular weight is 300 g/mol. The fourth-order valence-electron chi connectivity index (χ4n) is 2.88. The Labute approximate surface area is 129 Å². The maximum absolute atomic E-state index is 12.0. The molecule has 0 saturated heterocycles. The standard InChI is InChI=1S/C15H20N6O/c22-15(7-6-12-4-2-1-3-5-12)20-13-8-14(18-10-17-13)21-11-16-9-19-21/h8-12H,1-7H2,(H,17,18,20,22). The molecule has 0 atom stereocenters. The van der Waals surface area contributed by atoms with E-state index in [0.29, 0.717) is 24.0 Å². The molecule has 7 heteroatoms. The fraction of sp³-hybridized carbons (Fsp3) is 0.533. The third-order valence-corrected chi connectivity index (χ3v) is 4.08. The number of rotatable bonds is 5. The van der Waals surface area contributed by atoms with Crippen molar-refractivity contribution in [2.24, 2.45) is 5.92 Å². The largest absolute Gasteiger partial charge is 0.311 e. The van der Waals surface area contributed by atoms with Crippen molar-refractivity contribution in [1.82, 2.24) is 24.7 Å². The van der Waals surface area contributed by atoms with Gasteiger partial charge in [0, 0.05) is 12.5 Å². The van der Waals surface area contributed by atoms with Gasteiger partial charge in [-0.15, -0.1) is 0 Å². The number of aromatic nitrogens is 5. The molecule has 1 saturated carbocycles. The van der Waals surface area contributed by atoms with Crippen molar-refractivity contribution in [1.29, 1.82) is 0 Å². The molecule has 0 aliphatic heterocycles. The van der Waals surface area contributed by atoms with E-state index >= 15 is 0 Å². The molecule has 1 amide bonds. The van der Waals surface area contributed by atoms with Crippen molar-refractivity contribution in [3.05, 3.63) is 25.0 Å². The van der Waals surface area contributed by atoms with E-state index < -0.39 is 0 Å². The highest BCUT2D eigenvalue weighted by atomic mass is 16.1. The van der Waals surface area contributed by atoms with Gasteiger partial charge in [-0.2, -0.15) is 5.10 Å². The van der Waals surface area contributed by atoms with Gasteiger partial charge in [0.05, 0.1) is 0 Å². The third-order valence-electron chi connectivity index (χ3n) is 4.08. The van der Waals surface area contributed by atoms with Crippen LogP contribution in [0, 0.1) is 5.92 Å². The summed E-state index contributed by atoms with van der Waals surface area (Å²) in [5, 5.41) is 6.84. The van der Waals surface area contributed by atoms with Crippen molar-refractivity contribution >= 4 is 11.7 Å². The summed E-state index contributed by atoms with van der Waals surface area (Å²) >= 11 is 0. The van der Waals surface area contributed by atoms with Crippen LogP contribution in [0.4, 0.5) is 5.82 Å². The summed E-state index contributed by atoms with van der Waals surface area (Å²) in [6.45, 7) is 0. The minimum Gasteiger partial charge on any atom is -0.311 e. The fourth-order valence-corrected chi connectivity index (χ4v) is 2.88. The minimum absolute atomic E-state index is 0.00816. The van der Waals surface area contributed by atoms with Crippen molar-refractivity contribution in [2.45, 2.75) is 44.9 Å². The lowest BCUT2D eigenvalue weighted by Crippen LogP contribution is -2.16. The van der Waals surface area contributed by atoms with Gasteiger partial charge < -0.3 is 5.32 Å². The van der Waals surface area contributed by atoms with Gasteiger partial charge in [0.25, 0.3) is 0 Å². The molecule has 116 valence electrons. The molecule has 0 aromatic carbocycles. The van der Waals surface area contributed by atoms with E-state index in [1.165, 1.54) is 49.4 Å². The molecule has 1 aliphatic rings. The molecule has 1 N–H and O–H groups in total. The Bertz CT molecular complexity index is 606. The van der Waals surface area contributed by atoms with Crippen molar-refractivity contribution < 1.29 is 4.79 Å². The summed E-state index contributed by atoms with van der Waals surface area (Å²) in [5.74, 6) is 1.79. The highest BCUT2D eigenvalue weighted by molar-refractivity contribution is 5.89. The summed E-state index contributed by atoms with van der Waals surface area (Å²) in [5.41, 5.74) is 0. The lowest BCUT2D eigenvalue weighted by Gasteiger charge is -2.20. The van der Waals surface area contributed by atoms with Gasteiger partial charge >= 0.3 is 0 Å². The first-order valence-electron chi connectivity index (χ1n) is 7.78. The summed E-state index contributed by atoms with van der Waals surface area (Å²) in [7, 11) is 0. The first-order chi connectivity index (χ1) is 10.8. The molecule has 7 nitrogen and oxygen atoms in total. The number of nitrogens with zero attached hydrogens (tertiary/aromatic N) is 5. The molecule has 1 aliphatic carbocycles. The van der Waals surface area contributed by atoms with Crippen LogP contribution in [-0.2, 0) is 4.79 Å². The Morgan fingerprint density at radius 1 is 1.23 bits per heavy atom. The van der Waals surface area contributed by atoms with E-state index in [-0.39, 0.29) is 5.91 Å².